The van der Waals surface area contributed by atoms with Gasteiger partial charge in [0.25, 0.3) is 5.91 Å². The van der Waals surface area contributed by atoms with Crippen LogP contribution in [-0.4, -0.2) is 25.1 Å². The molecule has 0 fully saturated rings. The first-order chi connectivity index (χ1) is 11.3. The summed E-state index contributed by atoms with van der Waals surface area (Å²) in [6.45, 7) is 5.33. The summed E-state index contributed by atoms with van der Waals surface area (Å²) in [6.07, 6.45) is -0.753. The van der Waals surface area contributed by atoms with Gasteiger partial charge in [0.05, 0.1) is 12.7 Å². The molecule has 0 spiro atoms. The molecule has 2 aromatic rings. The van der Waals surface area contributed by atoms with Gasteiger partial charge in [0.15, 0.2) is 6.10 Å². The van der Waals surface area contributed by atoms with Crippen LogP contribution in [0.5, 0.6) is 5.75 Å². The molecule has 1 N–H and O–H groups in total. The first-order valence-electron chi connectivity index (χ1n) is 7.25. The second-order valence-corrected chi connectivity index (χ2v) is 6.85. The van der Waals surface area contributed by atoms with Crippen molar-refractivity contribution in [1.29, 1.82) is 0 Å². The molecule has 2 rings (SSSR count). The van der Waals surface area contributed by atoms with Crippen molar-refractivity contribution in [3.05, 3.63) is 45.3 Å². The third-order valence-corrected chi connectivity index (χ3v) is 4.85. The highest BCUT2D eigenvalue weighted by Crippen LogP contribution is 2.33. The van der Waals surface area contributed by atoms with Crippen LogP contribution in [0.25, 0.3) is 0 Å². The zero-order valence-corrected chi connectivity index (χ0v) is 15.4. The van der Waals surface area contributed by atoms with Crippen molar-refractivity contribution in [2.24, 2.45) is 0 Å². The molecule has 1 aromatic heterocycles. The summed E-state index contributed by atoms with van der Waals surface area (Å²) >= 11 is 7.23. The summed E-state index contributed by atoms with van der Waals surface area (Å²) in [7, 11) is 1.31. The number of nitrogens with one attached hydrogen (secondary N) is 1. The van der Waals surface area contributed by atoms with Gasteiger partial charge in [-0.15, -0.1) is 11.3 Å². The van der Waals surface area contributed by atoms with Crippen molar-refractivity contribution >= 4 is 39.8 Å². The minimum Gasteiger partial charge on any atom is -0.481 e. The lowest BCUT2D eigenvalue weighted by Crippen LogP contribution is -2.30. The van der Waals surface area contributed by atoms with Crippen molar-refractivity contribution in [3.8, 4) is 5.75 Å². The molecular formula is C17H18ClNO4S. The Morgan fingerprint density at radius 2 is 2.00 bits per heavy atom. The minimum atomic E-state index is -0.753. The molecule has 1 aromatic carbocycles. The minimum absolute atomic E-state index is 0.360. The van der Waals surface area contributed by atoms with Gasteiger partial charge >= 0.3 is 5.97 Å². The predicted molar refractivity (Wildman–Crippen MR) is 95.3 cm³/mol. The van der Waals surface area contributed by atoms with Gasteiger partial charge in [0, 0.05) is 9.90 Å². The molecule has 0 unspecified atom stereocenters. The molecular weight excluding hydrogens is 350 g/mol. The Morgan fingerprint density at radius 1 is 1.29 bits per heavy atom. The number of halogens is 1. The molecule has 1 heterocycles. The van der Waals surface area contributed by atoms with Gasteiger partial charge in [0.1, 0.15) is 10.8 Å². The highest BCUT2D eigenvalue weighted by Gasteiger charge is 2.24. The van der Waals surface area contributed by atoms with Gasteiger partial charge in [-0.25, -0.2) is 4.79 Å². The highest BCUT2D eigenvalue weighted by molar-refractivity contribution is 7.16. The number of carbonyl (C=O) groups is 2. The van der Waals surface area contributed by atoms with E-state index in [1.165, 1.54) is 18.4 Å². The summed E-state index contributed by atoms with van der Waals surface area (Å²) in [5.74, 6) is -0.339. The van der Waals surface area contributed by atoms with Crippen LogP contribution in [0.4, 0.5) is 5.00 Å². The molecule has 7 heteroatoms. The summed E-state index contributed by atoms with van der Waals surface area (Å²) in [6, 6.07) is 6.81. The maximum absolute atomic E-state index is 12.4. The average molecular weight is 368 g/mol. The molecule has 1 amide bonds. The fourth-order valence-electron chi connectivity index (χ4n) is 2.07. The Hall–Kier alpha value is -2.05. The van der Waals surface area contributed by atoms with Crippen molar-refractivity contribution in [2.45, 2.75) is 26.9 Å². The number of methoxy groups -OCH3 is 1. The summed E-state index contributed by atoms with van der Waals surface area (Å²) in [4.78, 5) is 25.2. The normalized spacial score (nSPS) is 11.7. The van der Waals surface area contributed by atoms with Crippen molar-refractivity contribution in [3.63, 3.8) is 0 Å². The molecule has 0 radical (unpaired) electrons. The molecule has 0 saturated carbocycles. The quantitative estimate of drug-likeness (QED) is 0.804. The van der Waals surface area contributed by atoms with Crippen LogP contribution in [0.2, 0.25) is 5.02 Å². The molecule has 0 bridgehead atoms. The number of anilines is 1. The van der Waals surface area contributed by atoms with Crippen molar-refractivity contribution in [1.82, 2.24) is 0 Å². The number of carbonyl (C=O) groups excluding carboxylic acids is 2. The smallest absolute Gasteiger partial charge is 0.341 e. The van der Waals surface area contributed by atoms with E-state index in [2.05, 4.69) is 5.32 Å². The van der Waals surface area contributed by atoms with E-state index in [4.69, 9.17) is 21.1 Å². The number of benzene rings is 1. The third kappa shape index (κ3) is 4.07. The van der Waals surface area contributed by atoms with Crippen LogP contribution >= 0.6 is 22.9 Å². The first-order valence-corrected chi connectivity index (χ1v) is 8.44. The lowest BCUT2D eigenvalue weighted by Gasteiger charge is -2.15. The number of hydrogen-bond donors (Lipinski definition) is 1. The number of rotatable bonds is 5. The molecule has 24 heavy (non-hydrogen) atoms. The molecule has 0 aliphatic rings. The molecule has 0 aliphatic carbocycles. The standard InChI is InChI=1S/C17H18ClNO4S/c1-9-11(3)24-16(14(9)17(21)22-4)19-15(20)10(2)23-13-7-5-6-12(18)8-13/h5-8,10H,1-4H3,(H,19,20)/t10-/m0/s1. The monoisotopic (exact) mass is 367 g/mol. The van der Waals surface area contributed by atoms with Crippen LogP contribution in [0, 0.1) is 13.8 Å². The maximum atomic E-state index is 12.4. The second kappa shape index (κ2) is 7.68. The Balaban J connectivity index is 2.14. The highest BCUT2D eigenvalue weighted by atomic mass is 35.5. The number of thiophene rings is 1. The number of esters is 1. The average Bonchev–Trinajstić information content (AvgIpc) is 2.81. The first kappa shape index (κ1) is 18.3. The molecule has 128 valence electrons. The largest absolute Gasteiger partial charge is 0.481 e. The topological polar surface area (TPSA) is 64.6 Å². The second-order valence-electron chi connectivity index (χ2n) is 5.19. The van der Waals surface area contributed by atoms with E-state index >= 15 is 0 Å². The van der Waals surface area contributed by atoms with Crippen molar-refractivity contribution < 1.29 is 19.1 Å². The van der Waals surface area contributed by atoms with Crippen LogP contribution in [0.15, 0.2) is 24.3 Å². The maximum Gasteiger partial charge on any atom is 0.341 e. The summed E-state index contributed by atoms with van der Waals surface area (Å²) in [5, 5.41) is 3.73. The summed E-state index contributed by atoms with van der Waals surface area (Å²) in [5.41, 5.74) is 1.17. The fraction of sp³-hybridized carbons (Fsp3) is 0.294. The van der Waals surface area contributed by atoms with Gasteiger partial charge < -0.3 is 14.8 Å². The molecule has 1 atom stereocenters. The Labute approximate surface area is 149 Å². The SMILES string of the molecule is COC(=O)c1c(NC(=O)[C@H](C)Oc2cccc(Cl)c2)sc(C)c1C. The molecule has 0 saturated heterocycles. The van der Waals surface area contributed by atoms with Crippen LogP contribution in [0.3, 0.4) is 0 Å². The van der Waals surface area contributed by atoms with E-state index < -0.39 is 12.1 Å². The van der Waals surface area contributed by atoms with E-state index in [0.29, 0.717) is 21.3 Å². The van der Waals surface area contributed by atoms with E-state index in [9.17, 15) is 9.59 Å². The Kier molecular flexibility index (Phi) is 5.85. The van der Waals surface area contributed by atoms with E-state index in [1.54, 1.807) is 31.2 Å². The van der Waals surface area contributed by atoms with E-state index in [0.717, 1.165) is 10.4 Å². The summed E-state index contributed by atoms with van der Waals surface area (Å²) < 4.78 is 10.4. The number of aryl methyl sites for hydroxylation is 1. The van der Waals surface area contributed by atoms with E-state index in [1.807, 2.05) is 13.8 Å². The Bertz CT molecular complexity index is 772. The zero-order chi connectivity index (χ0) is 17.9. The lowest BCUT2D eigenvalue weighted by molar-refractivity contribution is -0.122. The fourth-order valence-corrected chi connectivity index (χ4v) is 3.31. The third-order valence-electron chi connectivity index (χ3n) is 3.49. The van der Waals surface area contributed by atoms with Crippen LogP contribution < -0.4 is 10.1 Å². The number of ether oxygens (including phenoxy) is 2. The number of amides is 1. The predicted octanol–water partition coefficient (Wildman–Crippen LogP) is 4.21. The van der Waals surface area contributed by atoms with Crippen LogP contribution in [0.1, 0.15) is 27.7 Å². The van der Waals surface area contributed by atoms with Gasteiger partial charge in [0.2, 0.25) is 0 Å². The molecule has 5 nitrogen and oxygen atoms in total. The van der Waals surface area contributed by atoms with Gasteiger partial charge in [-0.1, -0.05) is 17.7 Å². The van der Waals surface area contributed by atoms with Gasteiger partial charge in [-0.2, -0.15) is 0 Å². The van der Waals surface area contributed by atoms with Crippen LogP contribution in [-0.2, 0) is 9.53 Å². The lowest BCUT2D eigenvalue weighted by atomic mass is 10.1. The Morgan fingerprint density at radius 3 is 2.62 bits per heavy atom. The van der Waals surface area contributed by atoms with Crippen molar-refractivity contribution in [2.75, 3.05) is 12.4 Å². The zero-order valence-electron chi connectivity index (χ0n) is 13.8. The number of hydrogen-bond acceptors (Lipinski definition) is 5. The van der Waals surface area contributed by atoms with Gasteiger partial charge in [-0.05, 0) is 44.5 Å². The van der Waals surface area contributed by atoms with E-state index in [-0.39, 0.29) is 5.91 Å². The molecule has 0 aliphatic heterocycles. The van der Waals surface area contributed by atoms with Gasteiger partial charge in [-0.3, -0.25) is 4.79 Å².